The van der Waals surface area contributed by atoms with Gasteiger partial charge < -0.3 is 4.74 Å². The molecule has 0 aliphatic heterocycles. The molecular weight excluding hydrogens is 334 g/mol. The summed E-state index contributed by atoms with van der Waals surface area (Å²) in [7, 11) is 0. The topological polar surface area (TPSA) is 67.2 Å². The third-order valence-electron chi connectivity index (χ3n) is 3.53. The van der Waals surface area contributed by atoms with Gasteiger partial charge in [0.05, 0.1) is 23.8 Å². The Bertz CT molecular complexity index is 761. The number of nitrogens with zero attached hydrogens (tertiary/aromatic N) is 1. The van der Waals surface area contributed by atoms with Gasteiger partial charge in [0.25, 0.3) is 0 Å². The summed E-state index contributed by atoms with van der Waals surface area (Å²) in [5.74, 6) is -0.366. The Balaban J connectivity index is 1.93. The second-order valence-corrected chi connectivity index (χ2v) is 6.49. The summed E-state index contributed by atoms with van der Waals surface area (Å²) in [5, 5.41) is 8.66. The normalized spacial score (nSPS) is 10.1. The molecular formula is C20H19NO3S. The van der Waals surface area contributed by atoms with E-state index in [2.05, 4.69) is 6.92 Å². The predicted octanol–water partition coefficient (Wildman–Crippen LogP) is 4.84. The molecule has 0 radical (unpaired) electrons. The number of carbonyl (C=O) groups is 2. The van der Waals surface area contributed by atoms with Gasteiger partial charge in [-0.1, -0.05) is 19.8 Å². The number of esters is 1. The minimum absolute atomic E-state index is 0.118. The van der Waals surface area contributed by atoms with E-state index < -0.39 is 0 Å². The van der Waals surface area contributed by atoms with Crippen molar-refractivity contribution in [2.45, 2.75) is 31.1 Å². The molecule has 0 spiro atoms. The Morgan fingerprint density at radius 3 is 2.24 bits per heavy atom. The molecule has 25 heavy (non-hydrogen) atoms. The van der Waals surface area contributed by atoms with Crippen molar-refractivity contribution in [3.8, 4) is 6.07 Å². The fraction of sp³-hybridized carbons (Fsp3) is 0.250. The van der Waals surface area contributed by atoms with Crippen molar-refractivity contribution < 1.29 is 14.3 Å². The first-order chi connectivity index (χ1) is 12.1. The van der Waals surface area contributed by atoms with Crippen LogP contribution in [-0.2, 0) is 4.74 Å². The second-order valence-electron chi connectivity index (χ2n) is 5.45. The highest BCUT2D eigenvalue weighted by molar-refractivity contribution is 8.14. The van der Waals surface area contributed by atoms with E-state index in [1.807, 2.05) is 6.07 Å². The summed E-state index contributed by atoms with van der Waals surface area (Å²) in [5.41, 5.74) is 1.51. The molecule has 5 heteroatoms. The van der Waals surface area contributed by atoms with E-state index in [4.69, 9.17) is 10.00 Å². The first-order valence-corrected chi connectivity index (χ1v) is 8.95. The van der Waals surface area contributed by atoms with Gasteiger partial charge in [-0.2, -0.15) is 5.26 Å². The van der Waals surface area contributed by atoms with Crippen LogP contribution in [-0.4, -0.2) is 17.7 Å². The van der Waals surface area contributed by atoms with Gasteiger partial charge in [0.15, 0.2) is 0 Å². The van der Waals surface area contributed by atoms with Crippen LogP contribution < -0.4 is 0 Å². The molecule has 0 saturated carbocycles. The van der Waals surface area contributed by atoms with Gasteiger partial charge in [0.2, 0.25) is 5.12 Å². The third kappa shape index (κ3) is 5.77. The standard InChI is InChI=1S/C20H19NO3S/c1-2-3-4-13-24-19(22)16-7-9-17(10-8-16)20(23)25-18-11-5-15(14-21)6-12-18/h5-12H,2-4,13H2,1H3. The molecule has 0 saturated heterocycles. The molecule has 0 aliphatic rings. The third-order valence-corrected chi connectivity index (χ3v) is 4.46. The Kier molecular flexibility index (Phi) is 7.24. The predicted molar refractivity (Wildman–Crippen MR) is 97.6 cm³/mol. The van der Waals surface area contributed by atoms with E-state index in [1.54, 1.807) is 48.5 Å². The maximum absolute atomic E-state index is 12.3. The molecule has 2 aromatic rings. The first-order valence-electron chi connectivity index (χ1n) is 8.13. The summed E-state index contributed by atoms with van der Waals surface area (Å²) in [6, 6.07) is 15.3. The van der Waals surface area contributed by atoms with Gasteiger partial charge in [-0.05, 0) is 66.7 Å². The van der Waals surface area contributed by atoms with E-state index in [9.17, 15) is 9.59 Å². The minimum atomic E-state index is -0.366. The Labute approximate surface area is 151 Å². The number of rotatable bonds is 7. The Hall–Kier alpha value is -2.58. The summed E-state index contributed by atoms with van der Waals surface area (Å²) >= 11 is 1.08. The molecule has 2 aromatic carbocycles. The molecule has 128 valence electrons. The van der Waals surface area contributed by atoms with Crippen molar-refractivity contribution in [2.75, 3.05) is 6.61 Å². The largest absolute Gasteiger partial charge is 0.462 e. The molecule has 0 heterocycles. The van der Waals surface area contributed by atoms with Crippen molar-refractivity contribution in [2.24, 2.45) is 0 Å². The molecule has 0 unspecified atom stereocenters. The summed E-state index contributed by atoms with van der Waals surface area (Å²) in [6.45, 7) is 2.51. The number of ether oxygens (including phenoxy) is 1. The van der Waals surface area contributed by atoms with Gasteiger partial charge in [-0.3, -0.25) is 4.79 Å². The van der Waals surface area contributed by atoms with E-state index in [0.29, 0.717) is 23.3 Å². The number of hydrogen-bond donors (Lipinski definition) is 0. The molecule has 0 atom stereocenters. The van der Waals surface area contributed by atoms with Crippen molar-refractivity contribution in [1.82, 2.24) is 0 Å². The van der Waals surface area contributed by atoms with Crippen molar-refractivity contribution in [1.29, 1.82) is 5.26 Å². The van der Waals surface area contributed by atoms with Crippen LogP contribution in [0.1, 0.15) is 52.5 Å². The first kappa shape index (κ1) is 18.8. The number of nitriles is 1. The average Bonchev–Trinajstić information content (AvgIpc) is 2.66. The van der Waals surface area contributed by atoms with Crippen LogP contribution >= 0.6 is 11.8 Å². The van der Waals surface area contributed by atoms with Gasteiger partial charge in [0.1, 0.15) is 0 Å². The number of benzene rings is 2. The number of unbranched alkanes of at least 4 members (excludes halogenated alkanes) is 2. The Morgan fingerprint density at radius 1 is 1.00 bits per heavy atom. The highest BCUT2D eigenvalue weighted by Crippen LogP contribution is 2.23. The molecule has 0 bridgehead atoms. The lowest BCUT2D eigenvalue weighted by Crippen LogP contribution is -2.06. The molecule has 2 rings (SSSR count). The lowest BCUT2D eigenvalue weighted by molar-refractivity contribution is 0.0498. The van der Waals surface area contributed by atoms with Crippen LogP contribution in [0.25, 0.3) is 0 Å². The molecule has 0 amide bonds. The maximum Gasteiger partial charge on any atom is 0.338 e. The molecule has 0 aliphatic carbocycles. The SMILES string of the molecule is CCCCCOC(=O)c1ccc(C(=O)Sc2ccc(C#N)cc2)cc1. The van der Waals surface area contributed by atoms with Gasteiger partial charge in [-0.15, -0.1) is 0 Å². The second kappa shape index (κ2) is 9.65. The fourth-order valence-corrected chi connectivity index (χ4v) is 2.85. The van der Waals surface area contributed by atoms with Crippen LogP contribution in [0.4, 0.5) is 0 Å². The van der Waals surface area contributed by atoms with Crippen LogP contribution in [0.5, 0.6) is 0 Å². The maximum atomic E-state index is 12.3. The van der Waals surface area contributed by atoms with Crippen molar-refractivity contribution in [3.05, 3.63) is 65.2 Å². The van der Waals surface area contributed by atoms with Crippen LogP contribution in [0, 0.1) is 11.3 Å². The zero-order chi connectivity index (χ0) is 18.1. The molecule has 4 nitrogen and oxygen atoms in total. The van der Waals surface area contributed by atoms with Crippen molar-refractivity contribution in [3.63, 3.8) is 0 Å². The zero-order valence-corrected chi connectivity index (χ0v) is 14.8. The van der Waals surface area contributed by atoms with E-state index in [0.717, 1.165) is 35.9 Å². The number of thioether (sulfide) groups is 1. The molecule has 0 N–H and O–H groups in total. The van der Waals surface area contributed by atoms with Crippen LogP contribution in [0.3, 0.4) is 0 Å². The van der Waals surface area contributed by atoms with E-state index in [-0.39, 0.29) is 11.1 Å². The number of hydrogen-bond acceptors (Lipinski definition) is 5. The summed E-state index contributed by atoms with van der Waals surface area (Å²) < 4.78 is 5.19. The van der Waals surface area contributed by atoms with Crippen LogP contribution in [0.2, 0.25) is 0 Å². The Morgan fingerprint density at radius 2 is 1.64 bits per heavy atom. The number of carbonyl (C=O) groups excluding carboxylic acids is 2. The van der Waals surface area contributed by atoms with E-state index >= 15 is 0 Å². The lowest BCUT2D eigenvalue weighted by atomic mass is 10.1. The quantitative estimate of drug-likeness (QED) is 0.405. The summed E-state index contributed by atoms with van der Waals surface area (Å²) in [4.78, 5) is 24.9. The lowest BCUT2D eigenvalue weighted by Gasteiger charge is -2.05. The highest BCUT2D eigenvalue weighted by Gasteiger charge is 2.11. The molecule has 0 aromatic heterocycles. The van der Waals surface area contributed by atoms with Crippen LogP contribution in [0.15, 0.2) is 53.4 Å². The fourth-order valence-electron chi connectivity index (χ4n) is 2.11. The average molecular weight is 353 g/mol. The van der Waals surface area contributed by atoms with Crippen molar-refractivity contribution >= 4 is 22.8 Å². The summed E-state index contributed by atoms with van der Waals surface area (Å²) in [6.07, 6.45) is 2.97. The van der Waals surface area contributed by atoms with E-state index in [1.165, 1.54) is 0 Å². The monoisotopic (exact) mass is 353 g/mol. The van der Waals surface area contributed by atoms with Gasteiger partial charge in [-0.25, -0.2) is 4.79 Å². The molecule has 0 fully saturated rings. The van der Waals surface area contributed by atoms with Gasteiger partial charge >= 0.3 is 5.97 Å². The zero-order valence-electron chi connectivity index (χ0n) is 14.0. The van der Waals surface area contributed by atoms with Gasteiger partial charge in [0, 0.05) is 10.5 Å². The smallest absolute Gasteiger partial charge is 0.338 e. The highest BCUT2D eigenvalue weighted by atomic mass is 32.2. The minimum Gasteiger partial charge on any atom is -0.462 e.